The normalized spacial score (nSPS) is 22.0. The highest BCUT2D eigenvalue weighted by Gasteiger charge is 2.17. The minimum atomic E-state index is -0.328. The Morgan fingerprint density at radius 1 is 1.75 bits per heavy atom. The Balaban J connectivity index is 2.18. The number of hydrogen-bond donors (Lipinski definition) is 1. The molecule has 4 heteroatoms. The molecule has 1 saturated heterocycles. The van der Waals surface area contributed by atoms with Gasteiger partial charge in [-0.05, 0) is 19.8 Å². The van der Waals surface area contributed by atoms with Crippen molar-refractivity contribution in [3.63, 3.8) is 0 Å². The van der Waals surface area contributed by atoms with Gasteiger partial charge in [0, 0.05) is 19.5 Å². The van der Waals surface area contributed by atoms with Gasteiger partial charge in [0.05, 0.1) is 6.10 Å². The van der Waals surface area contributed by atoms with Crippen molar-refractivity contribution in [1.29, 1.82) is 0 Å². The lowest BCUT2D eigenvalue weighted by atomic mass is 10.2. The van der Waals surface area contributed by atoms with Crippen molar-refractivity contribution in [2.45, 2.75) is 32.3 Å². The van der Waals surface area contributed by atoms with Crippen LogP contribution in [0.15, 0.2) is 0 Å². The molecular formula is C8H15NO3. The highest BCUT2D eigenvalue weighted by Crippen LogP contribution is 2.08. The van der Waals surface area contributed by atoms with E-state index in [0.717, 1.165) is 13.0 Å². The lowest BCUT2D eigenvalue weighted by Crippen LogP contribution is -2.34. The van der Waals surface area contributed by atoms with E-state index >= 15 is 0 Å². The molecule has 0 aliphatic carbocycles. The SMILES string of the molecule is CC(O)CCN1CCCC(=O)O1. The molecule has 0 aromatic rings. The van der Waals surface area contributed by atoms with Crippen molar-refractivity contribution < 1.29 is 14.7 Å². The molecule has 1 heterocycles. The van der Waals surface area contributed by atoms with Crippen LogP contribution in [-0.2, 0) is 9.63 Å². The number of aliphatic hydroxyl groups excluding tert-OH is 1. The first kappa shape index (κ1) is 9.48. The molecule has 1 rings (SSSR count). The predicted molar refractivity (Wildman–Crippen MR) is 43.2 cm³/mol. The first-order chi connectivity index (χ1) is 5.68. The summed E-state index contributed by atoms with van der Waals surface area (Å²) in [6, 6.07) is 0. The van der Waals surface area contributed by atoms with Gasteiger partial charge in [-0.25, -0.2) is 0 Å². The molecule has 1 fully saturated rings. The molecule has 0 bridgehead atoms. The topological polar surface area (TPSA) is 49.8 Å². The van der Waals surface area contributed by atoms with Gasteiger partial charge in [0.15, 0.2) is 0 Å². The monoisotopic (exact) mass is 173 g/mol. The Kier molecular flexibility index (Phi) is 3.49. The Bertz CT molecular complexity index is 158. The number of carbonyl (C=O) groups excluding carboxylic acids is 1. The second kappa shape index (κ2) is 4.42. The first-order valence-corrected chi connectivity index (χ1v) is 4.32. The van der Waals surface area contributed by atoms with E-state index in [-0.39, 0.29) is 12.1 Å². The Labute approximate surface area is 72.1 Å². The maximum atomic E-state index is 10.8. The van der Waals surface area contributed by atoms with E-state index < -0.39 is 0 Å². The lowest BCUT2D eigenvalue weighted by Gasteiger charge is -2.25. The van der Waals surface area contributed by atoms with E-state index in [1.807, 2.05) is 0 Å². The standard InChI is InChI=1S/C8H15NO3/c1-7(10)4-6-9-5-2-3-8(11)12-9/h7,10H,2-6H2,1H3. The van der Waals surface area contributed by atoms with E-state index in [9.17, 15) is 4.79 Å². The van der Waals surface area contributed by atoms with Crippen LogP contribution in [0.3, 0.4) is 0 Å². The van der Waals surface area contributed by atoms with Crippen LogP contribution in [0.4, 0.5) is 0 Å². The molecule has 4 nitrogen and oxygen atoms in total. The molecule has 1 N–H and O–H groups in total. The van der Waals surface area contributed by atoms with E-state index in [1.165, 1.54) is 0 Å². The van der Waals surface area contributed by atoms with Crippen LogP contribution in [0.5, 0.6) is 0 Å². The molecule has 0 aromatic heterocycles. The zero-order valence-electron chi connectivity index (χ0n) is 7.32. The van der Waals surface area contributed by atoms with E-state index in [0.29, 0.717) is 19.4 Å². The predicted octanol–water partition coefficient (Wildman–Crippen LogP) is 0.311. The zero-order chi connectivity index (χ0) is 8.97. The van der Waals surface area contributed by atoms with Crippen LogP contribution in [0.2, 0.25) is 0 Å². The molecule has 0 radical (unpaired) electrons. The van der Waals surface area contributed by atoms with Crippen molar-refractivity contribution >= 4 is 5.97 Å². The summed E-state index contributed by atoms with van der Waals surface area (Å²) < 4.78 is 0. The summed E-state index contributed by atoms with van der Waals surface area (Å²) in [6.45, 7) is 3.15. The number of hydrogen-bond acceptors (Lipinski definition) is 4. The molecule has 0 spiro atoms. The van der Waals surface area contributed by atoms with Gasteiger partial charge in [-0.1, -0.05) is 0 Å². The largest absolute Gasteiger partial charge is 0.393 e. The first-order valence-electron chi connectivity index (χ1n) is 4.32. The van der Waals surface area contributed by atoms with Gasteiger partial charge in [0.2, 0.25) is 0 Å². The van der Waals surface area contributed by atoms with E-state index in [4.69, 9.17) is 9.94 Å². The third-order valence-corrected chi connectivity index (χ3v) is 1.82. The molecule has 0 aromatic carbocycles. The minimum absolute atomic E-state index is 0.160. The van der Waals surface area contributed by atoms with E-state index in [1.54, 1.807) is 12.0 Å². The molecule has 1 atom stereocenters. The van der Waals surface area contributed by atoms with Gasteiger partial charge in [-0.15, -0.1) is 5.06 Å². The smallest absolute Gasteiger partial charge is 0.325 e. The number of hydroxylamine groups is 2. The van der Waals surface area contributed by atoms with Gasteiger partial charge >= 0.3 is 5.97 Å². The fourth-order valence-corrected chi connectivity index (χ4v) is 1.12. The second-order valence-corrected chi connectivity index (χ2v) is 3.13. The quantitative estimate of drug-likeness (QED) is 0.667. The summed E-state index contributed by atoms with van der Waals surface area (Å²) >= 11 is 0. The average molecular weight is 173 g/mol. The Morgan fingerprint density at radius 2 is 2.50 bits per heavy atom. The van der Waals surface area contributed by atoms with Crippen LogP contribution in [0.25, 0.3) is 0 Å². The summed E-state index contributed by atoms with van der Waals surface area (Å²) in [5.41, 5.74) is 0. The molecule has 70 valence electrons. The van der Waals surface area contributed by atoms with Crippen LogP contribution in [-0.4, -0.2) is 35.3 Å². The van der Waals surface area contributed by atoms with Gasteiger partial charge in [-0.2, -0.15) is 0 Å². The summed E-state index contributed by atoms with van der Waals surface area (Å²) in [7, 11) is 0. The van der Waals surface area contributed by atoms with Crippen molar-refractivity contribution in [2.75, 3.05) is 13.1 Å². The number of carbonyl (C=O) groups is 1. The zero-order valence-corrected chi connectivity index (χ0v) is 7.32. The number of rotatable bonds is 3. The molecular weight excluding hydrogens is 158 g/mol. The summed E-state index contributed by atoms with van der Waals surface area (Å²) in [5, 5.41) is 10.6. The number of nitrogens with zero attached hydrogens (tertiary/aromatic N) is 1. The summed E-state index contributed by atoms with van der Waals surface area (Å²) in [4.78, 5) is 15.7. The van der Waals surface area contributed by atoms with Crippen LogP contribution in [0.1, 0.15) is 26.2 Å². The summed E-state index contributed by atoms with van der Waals surface area (Å²) in [6.07, 6.45) is 1.70. The third kappa shape index (κ3) is 3.19. The van der Waals surface area contributed by atoms with Crippen LogP contribution < -0.4 is 0 Å². The van der Waals surface area contributed by atoms with Gasteiger partial charge in [0.1, 0.15) is 0 Å². The van der Waals surface area contributed by atoms with Gasteiger partial charge in [-0.3, -0.25) is 4.79 Å². The fraction of sp³-hybridized carbons (Fsp3) is 0.875. The average Bonchev–Trinajstić information content (AvgIpc) is 2.01. The molecule has 12 heavy (non-hydrogen) atoms. The fourth-order valence-electron chi connectivity index (χ4n) is 1.12. The molecule has 1 aliphatic heterocycles. The molecule has 1 unspecified atom stereocenters. The highest BCUT2D eigenvalue weighted by atomic mass is 16.7. The van der Waals surface area contributed by atoms with Crippen molar-refractivity contribution in [3.8, 4) is 0 Å². The highest BCUT2D eigenvalue weighted by molar-refractivity contribution is 5.69. The maximum Gasteiger partial charge on any atom is 0.325 e. The van der Waals surface area contributed by atoms with Crippen molar-refractivity contribution in [3.05, 3.63) is 0 Å². The van der Waals surface area contributed by atoms with Gasteiger partial charge in [0.25, 0.3) is 0 Å². The summed E-state index contributed by atoms with van der Waals surface area (Å²) in [5.74, 6) is -0.160. The second-order valence-electron chi connectivity index (χ2n) is 3.13. The Morgan fingerprint density at radius 3 is 3.08 bits per heavy atom. The Hall–Kier alpha value is -0.610. The van der Waals surface area contributed by atoms with Crippen molar-refractivity contribution in [2.24, 2.45) is 0 Å². The minimum Gasteiger partial charge on any atom is -0.393 e. The van der Waals surface area contributed by atoms with Crippen LogP contribution in [0, 0.1) is 0 Å². The lowest BCUT2D eigenvalue weighted by molar-refractivity contribution is -0.201. The van der Waals surface area contributed by atoms with Crippen LogP contribution >= 0.6 is 0 Å². The van der Waals surface area contributed by atoms with Gasteiger partial charge < -0.3 is 9.94 Å². The molecule has 1 aliphatic rings. The number of aliphatic hydroxyl groups is 1. The third-order valence-electron chi connectivity index (χ3n) is 1.82. The molecule has 0 amide bonds. The van der Waals surface area contributed by atoms with Crippen molar-refractivity contribution in [1.82, 2.24) is 5.06 Å². The van der Waals surface area contributed by atoms with E-state index in [2.05, 4.69) is 0 Å². The molecule has 0 saturated carbocycles. The maximum absolute atomic E-state index is 10.8.